The number of benzene rings is 3. The summed E-state index contributed by atoms with van der Waals surface area (Å²) in [6.07, 6.45) is 0. The minimum Gasteiger partial charge on any atom is -0.507 e. The van der Waals surface area contributed by atoms with E-state index in [1.165, 1.54) is 16.2 Å². The summed E-state index contributed by atoms with van der Waals surface area (Å²) in [6.45, 7) is 3.98. The molecule has 1 amide bonds. The number of nitrogens with zero attached hydrogens (tertiary/aromatic N) is 2. The zero-order chi connectivity index (χ0) is 24.9. The van der Waals surface area contributed by atoms with Gasteiger partial charge in [0, 0.05) is 10.0 Å². The van der Waals surface area contributed by atoms with Gasteiger partial charge < -0.3 is 9.84 Å². The summed E-state index contributed by atoms with van der Waals surface area (Å²) in [5, 5.41) is 11.7. The number of thiazole rings is 1. The number of methoxy groups -OCH3 is 1. The maximum absolute atomic E-state index is 13.4. The van der Waals surface area contributed by atoms with E-state index in [0.717, 1.165) is 25.8 Å². The Labute approximate surface area is 214 Å². The van der Waals surface area contributed by atoms with E-state index < -0.39 is 17.7 Å². The Kier molecular flexibility index (Phi) is 5.94. The Balaban J connectivity index is 1.72. The zero-order valence-electron chi connectivity index (χ0n) is 19.2. The molecule has 0 radical (unpaired) electrons. The Morgan fingerprint density at radius 1 is 1.06 bits per heavy atom. The molecule has 0 aliphatic carbocycles. The number of ketones is 1. The maximum atomic E-state index is 13.4. The third kappa shape index (κ3) is 4.02. The molecule has 35 heavy (non-hydrogen) atoms. The lowest BCUT2D eigenvalue weighted by molar-refractivity contribution is -0.132. The van der Waals surface area contributed by atoms with Crippen LogP contribution in [0.15, 0.2) is 70.7 Å². The maximum Gasteiger partial charge on any atom is 0.301 e. The van der Waals surface area contributed by atoms with Gasteiger partial charge in [-0.15, -0.1) is 0 Å². The lowest BCUT2D eigenvalue weighted by atomic mass is 9.95. The molecule has 5 rings (SSSR count). The fraction of sp³-hybridized carbons (Fsp3) is 0.148. The molecule has 1 N–H and O–H groups in total. The summed E-state index contributed by atoms with van der Waals surface area (Å²) >= 11 is 4.80. The van der Waals surface area contributed by atoms with Crippen molar-refractivity contribution in [2.24, 2.45) is 0 Å². The molecule has 4 aromatic rings. The number of rotatable bonds is 4. The van der Waals surface area contributed by atoms with Crippen LogP contribution in [0.3, 0.4) is 0 Å². The molecule has 0 bridgehead atoms. The first-order valence-electron chi connectivity index (χ1n) is 10.9. The zero-order valence-corrected chi connectivity index (χ0v) is 21.6. The summed E-state index contributed by atoms with van der Waals surface area (Å²) in [7, 11) is 1.55. The summed E-state index contributed by atoms with van der Waals surface area (Å²) in [4.78, 5) is 32.9. The van der Waals surface area contributed by atoms with E-state index in [0.29, 0.717) is 22.0 Å². The first-order chi connectivity index (χ1) is 16.8. The number of hydrogen-bond donors (Lipinski definition) is 1. The van der Waals surface area contributed by atoms with Gasteiger partial charge in [0.05, 0.1) is 28.9 Å². The second-order valence-corrected chi connectivity index (χ2v) is 10.3. The number of hydrogen-bond acceptors (Lipinski definition) is 6. The topological polar surface area (TPSA) is 79.7 Å². The van der Waals surface area contributed by atoms with Crippen LogP contribution >= 0.6 is 27.3 Å². The van der Waals surface area contributed by atoms with Crippen molar-refractivity contribution in [1.29, 1.82) is 0 Å². The molecule has 8 heteroatoms. The van der Waals surface area contributed by atoms with Gasteiger partial charge in [-0.2, -0.15) is 0 Å². The predicted octanol–water partition coefficient (Wildman–Crippen LogP) is 6.31. The summed E-state index contributed by atoms with van der Waals surface area (Å²) in [5.41, 5.74) is 4.02. The average molecular weight is 549 g/mol. The number of halogens is 1. The van der Waals surface area contributed by atoms with Crippen LogP contribution < -0.4 is 9.64 Å². The molecule has 6 nitrogen and oxygen atoms in total. The van der Waals surface area contributed by atoms with Crippen LogP contribution in [0.2, 0.25) is 0 Å². The Morgan fingerprint density at radius 2 is 1.74 bits per heavy atom. The first kappa shape index (κ1) is 23.3. The van der Waals surface area contributed by atoms with Crippen LogP contribution in [0, 0.1) is 13.8 Å². The smallest absolute Gasteiger partial charge is 0.301 e. The van der Waals surface area contributed by atoms with Crippen molar-refractivity contribution >= 4 is 60.1 Å². The number of aliphatic hydroxyl groups is 1. The number of aromatic nitrogens is 1. The second-order valence-electron chi connectivity index (χ2n) is 8.37. The van der Waals surface area contributed by atoms with Crippen molar-refractivity contribution in [1.82, 2.24) is 4.98 Å². The molecule has 1 atom stereocenters. The highest BCUT2D eigenvalue weighted by Crippen LogP contribution is 2.45. The lowest BCUT2D eigenvalue weighted by Gasteiger charge is -2.23. The van der Waals surface area contributed by atoms with E-state index in [2.05, 4.69) is 15.9 Å². The van der Waals surface area contributed by atoms with Crippen LogP contribution in [0.4, 0.5) is 5.13 Å². The highest BCUT2D eigenvalue weighted by Gasteiger charge is 2.48. The SMILES string of the molecule is COc1ccc(/C(O)=C2\C(=O)C(=O)N(c3nc4c(C)cc(C)cc4s3)C2c2ccc(Br)cc2)cc1. The molecular weight excluding hydrogens is 528 g/mol. The highest BCUT2D eigenvalue weighted by molar-refractivity contribution is 9.10. The molecule has 1 aromatic heterocycles. The van der Waals surface area contributed by atoms with E-state index in [-0.39, 0.29) is 11.3 Å². The van der Waals surface area contributed by atoms with Gasteiger partial charge in [0.25, 0.3) is 5.78 Å². The summed E-state index contributed by atoms with van der Waals surface area (Å²) in [6, 6.07) is 17.3. The average Bonchev–Trinajstić information content (AvgIpc) is 3.38. The lowest BCUT2D eigenvalue weighted by Crippen LogP contribution is -2.29. The van der Waals surface area contributed by atoms with Gasteiger partial charge in [0.1, 0.15) is 11.5 Å². The van der Waals surface area contributed by atoms with Gasteiger partial charge in [0.2, 0.25) is 0 Å². The minimum atomic E-state index is -0.827. The molecule has 1 fully saturated rings. The van der Waals surface area contributed by atoms with E-state index >= 15 is 0 Å². The molecule has 1 aliphatic heterocycles. The Hall–Kier alpha value is -3.49. The number of amides is 1. The third-order valence-electron chi connectivity index (χ3n) is 6.02. The van der Waals surface area contributed by atoms with Crippen molar-refractivity contribution in [2.75, 3.05) is 12.0 Å². The second kappa shape index (κ2) is 8.94. The monoisotopic (exact) mass is 548 g/mol. The Bertz CT molecular complexity index is 1510. The van der Waals surface area contributed by atoms with Gasteiger partial charge in [-0.05, 0) is 73.0 Å². The molecule has 3 aromatic carbocycles. The number of aliphatic hydroxyl groups excluding tert-OH is 1. The quantitative estimate of drug-likeness (QED) is 0.183. The molecule has 1 unspecified atom stereocenters. The van der Waals surface area contributed by atoms with Crippen LogP contribution in [0.5, 0.6) is 5.75 Å². The summed E-state index contributed by atoms with van der Waals surface area (Å²) < 4.78 is 6.99. The van der Waals surface area contributed by atoms with Gasteiger partial charge in [-0.25, -0.2) is 4.98 Å². The van der Waals surface area contributed by atoms with Crippen molar-refractivity contribution in [3.8, 4) is 5.75 Å². The van der Waals surface area contributed by atoms with Gasteiger partial charge in [-0.3, -0.25) is 14.5 Å². The molecular formula is C27H21BrN2O4S. The fourth-order valence-electron chi connectivity index (χ4n) is 4.36. The molecule has 0 spiro atoms. The number of carbonyl (C=O) groups excluding carboxylic acids is 2. The minimum absolute atomic E-state index is 0.0228. The number of fused-ring (bicyclic) bond motifs is 1. The largest absolute Gasteiger partial charge is 0.507 e. The number of ether oxygens (including phenoxy) is 1. The van der Waals surface area contributed by atoms with Gasteiger partial charge in [0.15, 0.2) is 5.13 Å². The number of carbonyl (C=O) groups is 2. The van der Waals surface area contributed by atoms with Crippen molar-refractivity contribution in [3.05, 3.63) is 93.0 Å². The van der Waals surface area contributed by atoms with Crippen molar-refractivity contribution in [3.63, 3.8) is 0 Å². The first-order valence-corrected chi connectivity index (χ1v) is 12.5. The molecule has 0 saturated carbocycles. The van der Waals surface area contributed by atoms with Crippen LogP contribution in [-0.4, -0.2) is 28.9 Å². The molecule has 1 saturated heterocycles. The predicted molar refractivity (Wildman–Crippen MR) is 141 cm³/mol. The van der Waals surface area contributed by atoms with Crippen molar-refractivity contribution in [2.45, 2.75) is 19.9 Å². The number of Topliss-reactive ketones (excluding diaryl/α,β-unsaturated/α-hetero) is 1. The standard InChI is InChI=1S/C27H21BrN2O4S/c1-14-12-15(2)22-20(13-14)35-27(29-22)30-23(16-4-8-18(28)9-5-16)21(25(32)26(30)33)24(31)17-6-10-19(34-3)11-7-17/h4-13,23,31H,1-3H3/b24-21+. The van der Waals surface area contributed by atoms with Crippen LogP contribution in [0.25, 0.3) is 16.0 Å². The molecule has 1 aliphatic rings. The van der Waals surface area contributed by atoms with Gasteiger partial charge in [-0.1, -0.05) is 45.5 Å². The van der Waals surface area contributed by atoms with E-state index in [9.17, 15) is 14.7 Å². The van der Waals surface area contributed by atoms with Gasteiger partial charge >= 0.3 is 5.91 Å². The molecule has 2 heterocycles. The fourth-order valence-corrected chi connectivity index (χ4v) is 5.79. The number of anilines is 1. The van der Waals surface area contributed by atoms with Crippen LogP contribution in [-0.2, 0) is 9.59 Å². The van der Waals surface area contributed by atoms with E-state index in [1.807, 2.05) is 50.2 Å². The molecule has 176 valence electrons. The summed E-state index contributed by atoms with van der Waals surface area (Å²) in [5.74, 6) is -1.10. The van der Waals surface area contributed by atoms with E-state index in [1.54, 1.807) is 31.4 Å². The van der Waals surface area contributed by atoms with E-state index in [4.69, 9.17) is 9.72 Å². The normalized spacial score (nSPS) is 17.4. The Morgan fingerprint density at radius 3 is 2.40 bits per heavy atom. The number of aryl methyl sites for hydroxylation is 2. The highest BCUT2D eigenvalue weighted by atomic mass is 79.9. The third-order valence-corrected chi connectivity index (χ3v) is 7.55. The van der Waals surface area contributed by atoms with Crippen molar-refractivity contribution < 1.29 is 19.4 Å². The van der Waals surface area contributed by atoms with Crippen LogP contribution in [0.1, 0.15) is 28.3 Å².